The molecule has 0 saturated carbocycles. The third-order valence-corrected chi connectivity index (χ3v) is 9.23. The summed E-state index contributed by atoms with van der Waals surface area (Å²) in [4.78, 5) is 4.88. The van der Waals surface area contributed by atoms with Crippen LogP contribution in [-0.4, -0.2) is 4.98 Å². The highest BCUT2D eigenvalue weighted by Crippen LogP contribution is 2.55. The Labute approximate surface area is 217 Å². The first-order valence-corrected chi connectivity index (χ1v) is 13.5. The van der Waals surface area contributed by atoms with Crippen molar-refractivity contribution in [2.75, 3.05) is 0 Å². The lowest BCUT2D eigenvalue weighted by atomic mass is 9.86. The summed E-state index contributed by atoms with van der Waals surface area (Å²) in [6.07, 6.45) is 1.92. The molecular weight excluding hydrogens is 466 g/mol. The monoisotopic (exact) mass is 485 g/mol. The normalized spacial score (nSPS) is 12.3. The van der Waals surface area contributed by atoms with Crippen LogP contribution < -0.4 is 0 Å². The highest BCUT2D eigenvalue weighted by atomic mass is 32.1. The molecule has 6 aromatic carbocycles. The van der Waals surface area contributed by atoms with Gasteiger partial charge < -0.3 is 0 Å². The third kappa shape index (κ3) is 2.46. The summed E-state index contributed by atoms with van der Waals surface area (Å²) in [5.41, 5.74) is 7.57. The molecule has 9 rings (SSSR count). The Balaban J connectivity index is 1.59. The van der Waals surface area contributed by atoms with Gasteiger partial charge in [0.15, 0.2) is 0 Å². The van der Waals surface area contributed by atoms with Crippen molar-refractivity contribution in [1.82, 2.24) is 4.98 Å². The van der Waals surface area contributed by atoms with Gasteiger partial charge in [-0.25, -0.2) is 0 Å². The second-order valence-electron chi connectivity index (χ2n) is 9.87. The smallest absolute Gasteiger partial charge is 0.0793 e. The minimum atomic E-state index is 1.10. The Morgan fingerprint density at radius 3 is 2.08 bits per heavy atom. The molecule has 0 unspecified atom stereocenters. The predicted molar refractivity (Wildman–Crippen MR) is 160 cm³/mol. The maximum Gasteiger partial charge on any atom is 0.0793 e. The van der Waals surface area contributed by atoms with Crippen LogP contribution in [0, 0.1) is 0 Å². The van der Waals surface area contributed by atoms with Gasteiger partial charge in [0, 0.05) is 48.4 Å². The lowest BCUT2D eigenvalue weighted by molar-refractivity contribution is 1.35. The third-order valence-electron chi connectivity index (χ3n) is 8.03. The Morgan fingerprint density at radius 2 is 1.19 bits per heavy atom. The second kappa shape index (κ2) is 7.03. The first-order valence-electron chi connectivity index (χ1n) is 12.6. The number of aromatic nitrogens is 1. The van der Waals surface area contributed by atoms with E-state index in [0.29, 0.717) is 0 Å². The van der Waals surface area contributed by atoms with Gasteiger partial charge in [-0.15, -0.1) is 11.3 Å². The van der Waals surface area contributed by atoms with Crippen molar-refractivity contribution >= 4 is 63.8 Å². The fourth-order valence-corrected chi connectivity index (χ4v) is 7.81. The Kier molecular flexibility index (Phi) is 3.73. The molecule has 0 radical (unpaired) electrons. The minimum Gasteiger partial charge on any atom is -0.256 e. The molecule has 0 fully saturated rings. The summed E-state index contributed by atoms with van der Waals surface area (Å²) in [6.45, 7) is 0. The van der Waals surface area contributed by atoms with Gasteiger partial charge in [0.1, 0.15) is 0 Å². The molecule has 8 aromatic rings. The average molecular weight is 486 g/mol. The number of hydrogen-bond acceptors (Lipinski definition) is 2. The zero-order chi connectivity index (χ0) is 24.1. The van der Waals surface area contributed by atoms with E-state index in [-0.39, 0.29) is 0 Å². The number of nitrogens with zero attached hydrogens (tertiary/aromatic N) is 1. The summed E-state index contributed by atoms with van der Waals surface area (Å²) in [5.74, 6) is 0. The van der Waals surface area contributed by atoms with Gasteiger partial charge >= 0.3 is 0 Å². The minimum absolute atomic E-state index is 1.10. The zero-order valence-corrected chi connectivity index (χ0v) is 20.6. The van der Waals surface area contributed by atoms with E-state index in [1.165, 1.54) is 80.3 Å². The average Bonchev–Trinajstić information content (AvgIpc) is 3.50. The van der Waals surface area contributed by atoms with Crippen LogP contribution in [0.25, 0.3) is 86.0 Å². The second-order valence-corrected chi connectivity index (χ2v) is 10.9. The molecule has 0 amide bonds. The maximum atomic E-state index is 4.88. The van der Waals surface area contributed by atoms with Crippen molar-refractivity contribution < 1.29 is 0 Å². The number of benzene rings is 6. The molecule has 2 aromatic heterocycles. The molecule has 0 bridgehead atoms. The van der Waals surface area contributed by atoms with Crippen LogP contribution in [0.3, 0.4) is 0 Å². The number of rotatable bonds is 1. The number of thiophene rings is 1. The zero-order valence-electron chi connectivity index (χ0n) is 19.8. The van der Waals surface area contributed by atoms with Crippen LogP contribution in [0.1, 0.15) is 0 Å². The molecule has 0 N–H and O–H groups in total. The fourth-order valence-electron chi connectivity index (χ4n) is 6.56. The van der Waals surface area contributed by atoms with Crippen molar-refractivity contribution in [3.05, 3.63) is 115 Å². The van der Waals surface area contributed by atoms with Crippen molar-refractivity contribution in [1.29, 1.82) is 0 Å². The number of fused-ring (bicyclic) bond motifs is 9. The van der Waals surface area contributed by atoms with Gasteiger partial charge in [0.2, 0.25) is 0 Å². The van der Waals surface area contributed by atoms with Crippen LogP contribution in [0.5, 0.6) is 0 Å². The Bertz CT molecular complexity index is 2250. The quantitative estimate of drug-likeness (QED) is 0.211. The molecular formula is C35H19NS. The summed E-state index contributed by atoms with van der Waals surface area (Å²) in [6, 6.07) is 40.1. The maximum absolute atomic E-state index is 4.88. The van der Waals surface area contributed by atoms with Gasteiger partial charge in [-0.3, -0.25) is 4.98 Å². The molecule has 170 valence electrons. The van der Waals surface area contributed by atoms with Crippen molar-refractivity contribution in [2.45, 2.75) is 0 Å². The molecule has 1 aliphatic rings. The molecule has 0 aliphatic heterocycles. The van der Waals surface area contributed by atoms with E-state index < -0.39 is 0 Å². The van der Waals surface area contributed by atoms with Crippen LogP contribution in [-0.2, 0) is 0 Å². The van der Waals surface area contributed by atoms with Gasteiger partial charge in [-0.1, -0.05) is 91.0 Å². The van der Waals surface area contributed by atoms with E-state index in [1.807, 2.05) is 17.5 Å². The molecule has 0 spiro atoms. The van der Waals surface area contributed by atoms with Crippen LogP contribution in [0.4, 0.5) is 0 Å². The van der Waals surface area contributed by atoms with Crippen LogP contribution in [0.2, 0.25) is 0 Å². The van der Waals surface area contributed by atoms with Crippen molar-refractivity contribution in [2.24, 2.45) is 0 Å². The number of hydrogen-bond donors (Lipinski definition) is 0. The molecule has 2 heterocycles. The molecule has 0 atom stereocenters. The van der Waals surface area contributed by atoms with E-state index in [9.17, 15) is 0 Å². The van der Waals surface area contributed by atoms with E-state index in [2.05, 4.69) is 109 Å². The SMILES string of the molecule is c1cnc2c(c1)-c1cccc3c(-c4c5ccccc5cc5c4sc4ccccc45)c4ccccc4c-2c13. The molecule has 1 nitrogen and oxygen atoms in total. The molecule has 0 saturated heterocycles. The Morgan fingerprint density at radius 1 is 0.486 bits per heavy atom. The molecule has 2 heteroatoms. The highest BCUT2D eigenvalue weighted by Gasteiger charge is 2.28. The standard InChI is InChI=1S/C35H19NS/c1-2-10-21-20(9-1)19-28-22-11-5-6-17-29(22)37-35(28)33(21)31-23-12-3-4-13-24(23)32-30-25(14-7-15-27(30)31)26-16-8-18-36-34(26)32/h1-19H. The van der Waals surface area contributed by atoms with Gasteiger partial charge in [-0.05, 0) is 56.3 Å². The van der Waals surface area contributed by atoms with E-state index in [0.717, 1.165) is 5.69 Å². The van der Waals surface area contributed by atoms with Crippen molar-refractivity contribution in [3.8, 4) is 33.5 Å². The first kappa shape index (κ1) is 19.6. The summed E-state index contributed by atoms with van der Waals surface area (Å²) < 4.78 is 2.69. The molecule has 37 heavy (non-hydrogen) atoms. The largest absolute Gasteiger partial charge is 0.256 e. The Hall–Kier alpha value is -4.53. The fraction of sp³-hybridized carbons (Fsp3) is 0. The van der Waals surface area contributed by atoms with E-state index in [4.69, 9.17) is 4.98 Å². The predicted octanol–water partition coefficient (Wildman–Crippen LogP) is 10.2. The highest BCUT2D eigenvalue weighted by molar-refractivity contribution is 7.26. The topological polar surface area (TPSA) is 12.9 Å². The summed E-state index contributed by atoms with van der Waals surface area (Å²) >= 11 is 1.91. The first-order chi connectivity index (χ1) is 18.4. The van der Waals surface area contributed by atoms with Crippen molar-refractivity contribution in [3.63, 3.8) is 0 Å². The van der Waals surface area contributed by atoms with Gasteiger partial charge in [0.05, 0.1) is 5.69 Å². The lowest BCUT2D eigenvalue weighted by Gasteiger charge is -2.17. The van der Waals surface area contributed by atoms with E-state index in [1.54, 1.807) is 0 Å². The van der Waals surface area contributed by atoms with E-state index >= 15 is 0 Å². The number of pyridine rings is 1. The van der Waals surface area contributed by atoms with Crippen LogP contribution in [0.15, 0.2) is 115 Å². The van der Waals surface area contributed by atoms with Gasteiger partial charge in [-0.2, -0.15) is 0 Å². The van der Waals surface area contributed by atoms with Gasteiger partial charge in [0.25, 0.3) is 0 Å². The molecule has 1 aliphatic carbocycles. The lowest BCUT2D eigenvalue weighted by Crippen LogP contribution is -1.90. The summed E-state index contributed by atoms with van der Waals surface area (Å²) in [7, 11) is 0. The van der Waals surface area contributed by atoms with Crippen LogP contribution >= 0.6 is 11.3 Å². The summed E-state index contributed by atoms with van der Waals surface area (Å²) in [5, 5.41) is 10.5.